The standard InChI is InChI=1S/C12H15N/c1-12(2,3)9-8-10-4-6-11(13)7-5-10/h4-7H,13H2,1-3H3. The summed E-state index contributed by atoms with van der Waals surface area (Å²) in [4.78, 5) is 0. The first-order valence-corrected chi connectivity index (χ1v) is 4.36. The molecular formula is C12H15N. The van der Waals surface area contributed by atoms with E-state index in [1.54, 1.807) is 0 Å². The molecule has 0 amide bonds. The summed E-state index contributed by atoms with van der Waals surface area (Å²) in [6, 6.07) is 7.61. The van der Waals surface area contributed by atoms with Crippen LogP contribution in [0, 0.1) is 17.3 Å². The van der Waals surface area contributed by atoms with Gasteiger partial charge in [-0.2, -0.15) is 0 Å². The van der Waals surface area contributed by atoms with Crippen molar-refractivity contribution >= 4 is 5.69 Å². The largest absolute Gasteiger partial charge is 0.399 e. The maximum atomic E-state index is 5.56. The molecule has 0 atom stereocenters. The molecule has 2 N–H and O–H groups in total. The molecule has 0 radical (unpaired) electrons. The highest BCUT2D eigenvalue weighted by atomic mass is 14.5. The van der Waals surface area contributed by atoms with Crippen molar-refractivity contribution in [2.75, 3.05) is 5.73 Å². The maximum absolute atomic E-state index is 5.56. The summed E-state index contributed by atoms with van der Waals surface area (Å²) in [5, 5.41) is 0. The van der Waals surface area contributed by atoms with Crippen LogP contribution in [0.4, 0.5) is 5.69 Å². The fourth-order valence-electron chi connectivity index (χ4n) is 0.826. The second kappa shape index (κ2) is 3.53. The number of hydrogen-bond donors (Lipinski definition) is 1. The molecule has 0 aliphatic carbocycles. The molecule has 0 fully saturated rings. The van der Waals surface area contributed by atoms with E-state index in [4.69, 9.17) is 5.73 Å². The van der Waals surface area contributed by atoms with Crippen LogP contribution in [0.15, 0.2) is 24.3 Å². The first-order valence-electron chi connectivity index (χ1n) is 4.36. The van der Waals surface area contributed by atoms with E-state index in [2.05, 4.69) is 32.6 Å². The number of nitrogen functional groups attached to an aromatic ring is 1. The van der Waals surface area contributed by atoms with Crippen LogP contribution in [0.25, 0.3) is 0 Å². The zero-order chi connectivity index (χ0) is 9.90. The van der Waals surface area contributed by atoms with E-state index in [0.717, 1.165) is 11.3 Å². The third-order valence-corrected chi connectivity index (χ3v) is 1.49. The van der Waals surface area contributed by atoms with Gasteiger partial charge in [0.1, 0.15) is 0 Å². The number of rotatable bonds is 0. The predicted molar refractivity (Wildman–Crippen MR) is 57.2 cm³/mol. The van der Waals surface area contributed by atoms with Crippen LogP contribution in [-0.4, -0.2) is 0 Å². The van der Waals surface area contributed by atoms with Crippen LogP contribution in [0.1, 0.15) is 26.3 Å². The van der Waals surface area contributed by atoms with E-state index in [0.29, 0.717) is 0 Å². The fourth-order valence-corrected chi connectivity index (χ4v) is 0.826. The molecule has 1 aromatic rings. The molecule has 1 rings (SSSR count). The van der Waals surface area contributed by atoms with Gasteiger partial charge in [-0.15, -0.1) is 0 Å². The number of nitrogens with two attached hydrogens (primary N) is 1. The van der Waals surface area contributed by atoms with Crippen molar-refractivity contribution in [1.82, 2.24) is 0 Å². The molecule has 0 bridgehead atoms. The molecule has 0 heterocycles. The first-order chi connectivity index (χ1) is 5.97. The molecule has 0 aliphatic heterocycles. The molecule has 13 heavy (non-hydrogen) atoms. The zero-order valence-electron chi connectivity index (χ0n) is 8.39. The summed E-state index contributed by atoms with van der Waals surface area (Å²) in [7, 11) is 0. The normalized spacial score (nSPS) is 10.4. The lowest BCUT2D eigenvalue weighted by atomic mass is 9.97. The maximum Gasteiger partial charge on any atom is 0.0314 e. The minimum Gasteiger partial charge on any atom is -0.399 e. The van der Waals surface area contributed by atoms with Crippen LogP contribution in [0.5, 0.6) is 0 Å². The smallest absolute Gasteiger partial charge is 0.0314 e. The summed E-state index contributed by atoms with van der Waals surface area (Å²) in [5.74, 6) is 6.27. The SMILES string of the molecule is CC(C)(C)C#Cc1ccc(N)cc1. The second-order valence-electron chi connectivity index (χ2n) is 4.12. The molecule has 0 aliphatic rings. The Bertz CT molecular complexity index is 330. The molecule has 0 spiro atoms. The topological polar surface area (TPSA) is 26.0 Å². The Morgan fingerprint density at radius 1 is 1.08 bits per heavy atom. The van der Waals surface area contributed by atoms with E-state index in [-0.39, 0.29) is 5.41 Å². The lowest BCUT2D eigenvalue weighted by molar-refractivity contribution is 0.571. The van der Waals surface area contributed by atoms with Crippen molar-refractivity contribution in [2.45, 2.75) is 20.8 Å². The summed E-state index contributed by atoms with van der Waals surface area (Å²) in [6.07, 6.45) is 0. The van der Waals surface area contributed by atoms with Crippen molar-refractivity contribution in [1.29, 1.82) is 0 Å². The minimum atomic E-state index is 0.0569. The third kappa shape index (κ3) is 3.66. The molecule has 1 aromatic carbocycles. The molecule has 1 heteroatoms. The highest BCUT2D eigenvalue weighted by Gasteiger charge is 2.02. The van der Waals surface area contributed by atoms with E-state index < -0.39 is 0 Å². The van der Waals surface area contributed by atoms with E-state index >= 15 is 0 Å². The van der Waals surface area contributed by atoms with Crippen molar-refractivity contribution in [3.63, 3.8) is 0 Å². The van der Waals surface area contributed by atoms with Crippen molar-refractivity contribution in [3.8, 4) is 11.8 Å². The highest BCUT2D eigenvalue weighted by molar-refractivity contribution is 5.45. The first kappa shape index (κ1) is 9.67. The quantitative estimate of drug-likeness (QED) is 0.473. The summed E-state index contributed by atoms with van der Waals surface area (Å²) in [6.45, 7) is 6.28. The van der Waals surface area contributed by atoms with Gasteiger partial charge in [0, 0.05) is 16.7 Å². The van der Waals surface area contributed by atoms with Gasteiger partial charge >= 0.3 is 0 Å². The van der Waals surface area contributed by atoms with Gasteiger partial charge < -0.3 is 5.73 Å². The highest BCUT2D eigenvalue weighted by Crippen LogP contribution is 2.11. The van der Waals surface area contributed by atoms with Crippen LogP contribution >= 0.6 is 0 Å². The van der Waals surface area contributed by atoms with Gasteiger partial charge in [-0.3, -0.25) is 0 Å². The van der Waals surface area contributed by atoms with Gasteiger partial charge in [0.2, 0.25) is 0 Å². The predicted octanol–water partition coefficient (Wildman–Crippen LogP) is 2.67. The Hall–Kier alpha value is -1.42. The van der Waals surface area contributed by atoms with Gasteiger partial charge in [-0.25, -0.2) is 0 Å². The Morgan fingerprint density at radius 3 is 2.08 bits per heavy atom. The molecule has 68 valence electrons. The lowest BCUT2D eigenvalue weighted by Gasteiger charge is -2.06. The molecule has 0 saturated heterocycles. The van der Waals surface area contributed by atoms with E-state index in [9.17, 15) is 0 Å². The van der Waals surface area contributed by atoms with Gasteiger partial charge in [0.05, 0.1) is 0 Å². The minimum absolute atomic E-state index is 0.0569. The number of anilines is 1. The van der Waals surface area contributed by atoms with E-state index in [1.165, 1.54) is 0 Å². The number of benzene rings is 1. The van der Waals surface area contributed by atoms with Crippen LogP contribution in [0.3, 0.4) is 0 Å². The van der Waals surface area contributed by atoms with Crippen LogP contribution in [-0.2, 0) is 0 Å². The zero-order valence-corrected chi connectivity index (χ0v) is 8.39. The summed E-state index contributed by atoms with van der Waals surface area (Å²) in [5.41, 5.74) is 7.41. The van der Waals surface area contributed by atoms with E-state index in [1.807, 2.05) is 24.3 Å². The van der Waals surface area contributed by atoms with Crippen LogP contribution < -0.4 is 5.73 Å². The average Bonchev–Trinajstić information content (AvgIpc) is 2.02. The Balaban J connectivity index is 2.85. The van der Waals surface area contributed by atoms with Gasteiger partial charge in [0.15, 0.2) is 0 Å². The monoisotopic (exact) mass is 173 g/mol. The molecular weight excluding hydrogens is 158 g/mol. The fraction of sp³-hybridized carbons (Fsp3) is 0.333. The lowest BCUT2D eigenvalue weighted by Crippen LogP contribution is -1.99. The molecule has 0 aromatic heterocycles. The van der Waals surface area contributed by atoms with Gasteiger partial charge in [0.25, 0.3) is 0 Å². The van der Waals surface area contributed by atoms with Crippen molar-refractivity contribution in [3.05, 3.63) is 29.8 Å². The Kier molecular flexibility index (Phi) is 2.63. The molecule has 0 saturated carbocycles. The van der Waals surface area contributed by atoms with Crippen LogP contribution in [0.2, 0.25) is 0 Å². The summed E-state index contributed by atoms with van der Waals surface area (Å²) < 4.78 is 0. The van der Waals surface area contributed by atoms with Crippen molar-refractivity contribution in [2.24, 2.45) is 5.41 Å². The Labute approximate surface area is 80.0 Å². The molecule has 1 nitrogen and oxygen atoms in total. The second-order valence-corrected chi connectivity index (χ2v) is 4.12. The van der Waals surface area contributed by atoms with Gasteiger partial charge in [-0.1, -0.05) is 11.8 Å². The van der Waals surface area contributed by atoms with Gasteiger partial charge in [-0.05, 0) is 45.0 Å². The van der Waals surface area contributed by atoms with Crippen molar-refractivity contribution < 1.29 is 0 Å². The Morgan fingerprint density at radius 2 is 1.62 bits per heavy atom. The molecule has 0 unspecified atom stereocenters. The number of hydrogen-bond acceptors (Lipinski definition) is 1. The third-order valence-electron chi connectivity index (χ3n) is 1.49. The average molecular weight is 173 g/mol. The summed E-state index contributed by atoms with van der Waals surface area (Å²) >= 11 is 0.